The molecular weight excluding hydrogens is 238 g/mol. The number of rotatable bonds is 10. The van der Waals surface area contributed by atoms with Crippen LogP contribution in [0.5, 0.6) is 0 Å². The fourth-order valence-electron chi connectivity index (χ4n) is 2.89. The summed E-state index contributed by atoms with van der Waals surface area (Å²) in [6, 6.07) is 0.480. The van der Waals surface area contributed by atoms with Crippen LogP contribution in [-0.2, 0) is 0 Å². The van der Waals surface area contributed by atoms with Crippen molar-refractivity contribution in [3.8, 4) is 0 Å². The Hall–Kier alpha value is 0.310. The van der Waals surface area contributed by atoms with Crippen LogP contribution in [0.1, 0.15) is 77.6 Å². The van der Waals surface area contributed by atoms with E-state index in [9.17, 15) is 0 Å². The molecule has 2 N–H and O–H groups in total. The Morgan fingerprint density at radius 2 is 1.61 bits per heavy atom. The summed E-state index contributed by atoms with van der Waals surface area (Å²) in [5.41, 5.74) is 6.26. The molecule has 0 saturated carbocycles. The summed E-state index contributed by atoms with van der Waals surface area (Å²) in [4.78, 5) is 0. The SMILES string of the molecule is CCCCCCCCCC(N)CC1CCSCC1. The van der Waals surface area contributed by atoms with E-state index in [0.717, 1.165) is 5.92 Å². The minimum absolute atomic E-state index is 0.480. The molecular formula is C16H33NS. The second kappa shape index (κ2) is 11.2. The van der Waals surface area contributed by atoms with Crippen LogP contribution in [0.15, 0.2) is 0 Å². The van der Waals surface area contributed by atoms with Gasteiger partial charge < -0.3 is 5.73 Å². The summed E-state index contributed by atoms with van der Waals surface area (Å²) in [7, 11) is 0. The molecule has 0 bridgehead atoms. The van der Waals surface area contributed by atoms with Gasteiger partial charge in [0.2, 0.25) is 0 Å². The minimum Gasteiger partial charge on any atom is -0.328 e. The summed E-state index contributed by atoms with van der Waals surface area (Å²) in [6.07, 6.45) is 15.2. The van der Waals surface area contributed by atoms with E-state index in [1.165, 1.54) is 82.1 Å². The van der Waals surface area contributed by atoms with Crippen molar-refractivity contribution in [2.45, 2.75) is 83.6 Å². The van der Waals surface area contributed by atoms with E-state index in [0.29, 0.717) is 6.04 Å². The predicted molar refractivity (Wildman–Crippen MR) is 85.3 cm³/mol. The van der Waals surface area contributed by atoms with E-state index in [-0.39, 0.29) is 0 Å². The minimum atomic E-state index is 0.480. The van der Waals surface area contributed by atoms with Gasteiger partial charge in [-0.05, 0) is 43.1 Å². The highest BCUT2D eigenvalue weighted by Crippen LogP contribution is 2.26. The molecule has 0 aliphatic carbocycles. The Balaban J connectivity index is 1.88. The molecule has 1 fully saturated rings. The smallest absolute Gasteiger partial charge is 0.00414 e. The van der Waals surface area contributed by atoms with E-state index in [2.05, 4.69) is 18.7 Å². The van der Waals surface area contributed by atoms with Gasteiger partial charge in [0.1, 0.15) is 0 Å². The Bertz CT molecular complexity index is 178. The zero-order valence-electron chi connectivity index (χ0n) is 12.3. The monoisotopic (exact) mass is 271 g/mol. The van der Waals surface area contributed by atoms with Crippen molar-refractivity contribution in [3.05, 3.63) is 0 Å². The molecule has 1 heterocycles. The summed E-state index contributed by atoms with van der Waals surface area (Å²) >= 11 is 2.12. The van der Waals surface area contributed by atoms with E-state index in [4.69, 9.17) is 5.73 Å². The lowest BCUT2D eigenvalue weighted by atomic mass is 9.92. The lowest BCUT2D eigenvalue weighted by molar-refractivity contribution is 0.387. The molecule has 1 unspecified atom stereocenters. The molecule has 18 heavy (non-hydrogen) atoms. The highest BCUT2D eigenvalue weighted by Gasteiger charge is 2.16. The third-order valence-corrected chi connectivity index (χ3v) is 5.20. The zero-order chi connectivity index (χ0) is 13.1. The molecule has 1 rings (SSSR count). The van der Waals surface area contributed by atoms with Gasteiger partial charge in [-0.25, -0.2) is 0 Å². The molecule has 1 saturated heterocycles. The van der Waals surface area contributed by atoms with Crippen molar-refractivity contribution in [2.75, 3.05) is 11.5 Å². The molecule has 0 aromatic carbocycles. The van der Waals surface area contributed by atoms with Crippen LogP contribution in [0, 0.1) is 5.92 Å². The molecule has 0 spiro atoms. The number of hydrogen-bond acceptors (Lipinski definition) is 2. The fourth-order valence-corrected chi connectivity index (χ4v) is 4.10. The van der Waals surface area contributed by atoms with Gasteiger partial charge in [0.05, 0.1) is 0 Å². The molecule has 0 amide bonds. The quantitative estimate of drug-likeness (QED) is 0.567. The Kier molecular flexibility index (Phi) is 10.1. The second-order valence-corrected chi connectivity index (χ2v) is 7.19. The largest absolute Gasteiger partial charge is 0.328 e. The molecule has 108 valence electrons. The van der Waals surface area contributed by atoms with Crippen LogP contribution in [0.3, 0.4) is 0 Å². The molecule has 0 aromatic rings. The molecule has 1 aliphatic heterocycles. The molecule has 0 radical (unpaired) electrons. The van der Waals surface area contributed by atoms with Gasteiger partial charge in [-0.1, -0.05) is 51.9 Å². The van der Waals surface area contributed by atoms with Crippen LogP contribution in [0.4, 0.5) is 0 Å². The van der Waals surface area contributed by atoms with Crippen molar-refractivity contribution in [3.63, 3.8) is 0 Å². The molecule has 0 aromatic heterocycles. The van der Waals surface area contributed by atoms with E-state index >= 15 is 0 Å². The van der Waals surface area contributed by atoms with Crippen molar-refractivity contribution >= 4 is 11.8 Å². The first-order valence-electron chi connectivity index (χ1n) is 8.16. The molecule has 1 aliphatic rings. The topological polar surface area (TPSA) is 26.0 Å². The molecule has 1 nitrogen and oxygen atoms in total. The molecule has 2 heteroatoms. The zero-order valence-corrected chi connectivity index (χ0v) is 13.1. The van der Waals surface area contributed by atoms with Crippen LogP contribution in [0.2, 0.25) is 0 Å². The lowest BCUT2D eigenvalue weighted by Gasteiger charge is -2.24. The first-order chi connectivity index (χ1) is 8.83. The second-order valence-electron chi connectivity index (χ2n) is 5.96. The van der Waals surface area contributed by atoms with Gasteiger partial charge in [0, 0.05) is 6.04 Å². The van der Waals surface area contributed by atoms with Gasteiger partial charge in [-0.15, -0.1) is 0 Å². The Morgan fingerprint density at radius 1 is 1.00 bits per heavy atom. The number of hydrogen-bond donors (Lipinski definition) is 1. The summed E-state index contributed by atoms with van der Waals surface area (Å²) < 4.78 is 0. The van der Waals surface area contributed by atoms with Gasteiger partial charge in [-0.2, -0.15) is 11.8 Å². The highest BCUT2D eigenvalue weighted by molar-refractivity contribution is 7.99. The van der Waals surface area contributed by atoms with Gasteiger partial charge in [0.25, 0.3) is 0 Å². The van der Waals surface area contributed by atoms with Crippen molar-refractivity contribution < 1.29 is 0 Å². The van der Waals surface area contributed by atoms with E-state index in [1.54, 1.807) is 0 Å². The standard InChI is InChI=1S/C16H33NS/c1-2-3-4-5-6-7-8-9-16(17)14-15-10-12-18-13-11-15/h15-16H,2-14,17H2,1H3. The first-order valence-corrected chi connectivity index (χ1v) is 9.31. The van der Waals surface area contributed by atoms with E-state index in [1.807, 2.05) is 0 Å². The normalized spacial score (nSPS) is 19.0. The third-order valence-electron chi connectivity index (χ3n) is 4.16. The number of unbranched alkanes of at least 4 members (excludes halogenated alkanes) is 6. The maximum Gasteiger partial charge on any atom is 0.00414 e. The van der Waals surface area contributed by atoms with Crippen LogP contribution >= 0.6 is 11.8 Å². The van der Waals surface area contributed by atoms with Crippen LogP contribution < -0.4 is 5.73 Å². The Labute approximate surface area is 119 Å². The third kappa shape index (κ3) is 8.42. The summed E-state index contributed by atoms with van der Waals surface area (Å²) in [6.45, 7) is 2.28. The predicted octanol–water partition coefficient (Wildman–Crippen LogP) is 4.99. The van der Waals surface area contributed by atoms with Gasteiger partial charge >= 0.3 is 0 Å². The number of thioether (sulfide) groups is 1. The van der Waals surface area contributed by atoms with Gasteiger partial charge in [-0.3, -0.25) is 0 Å². The van der Waals surface area contributed by atoms with Crippen molar-refractivity contribution in [2.24, 2.45) is 11.7 Å². The van der Waals surface area contributed by atoms with Crippen molar-refractivity contribution in [1.29, 1.82) is 0 Å². The number of nitrogens with two attached hydrogens (primary N) is 1. The Morgan fingerprint density at radius 3 is 2.28 bits per heavy atom. The van der Waals surface area contributed by atoms with Crippen molar-refractivity contribution in [1.82, 2.24) is 0 Å². The van der Waals surface area contributed by atoms with Gasteiger partial charge in [0.15, 0.2) is 0 Å². The average Bonchev–Trinajstić information content (AvgIpc) is 2.39. The highest BCUT2D eigenvalue weighted by atomic mass is 32.2. The van der Waals surface area contributed by atoms with E-state index < -0.39 is 0 Å². The maximum absolute atomic E-state index is 6.26. The lowest BCUT2D eigenvalue weighted by Crippen LogP contribution is -2.25. The fraction of sp³-hybridized carbons (Fsp3) is 1.00. The first kappa shape index (κ1) is 16.4. The molecule has 1 atom stereocenters. The summed E-state index contributed by atoms with van der Waals surface area (Å²) in [5, 5.41) is 0. The van der Waals surface area contributed by atoms with Crippen LogP contribution in [0.25, 0.3) is 0 Å². The summed E-state index contributed by atoms with van der Waals surface area (Å²) in [5.74, 6) is 3.68. The average molecular weight is 272 g/mol. The van der Waals surface area contributed by atoms with Crippen LogP contribution in [-0.4, -0.2) is 17.5 Å². The maximum atomic E-state index is 6.26.